The molecule has 0 fully saturated rings. The van der Waals surface area contributed by atoms with E-state index in [2.05, 4.69) is 5.32 Å². The molecule has 1 aromatic carbocycles. The van der Waals surface area contributed by atoms with Crippen LogP contribution in [0.1, 0.15) is 26.7 Å². The van der Waals surface area contributed by atoms with Crippen LogP contribution in [0.5, 0.6) is 5.75 Å². The summed E-state index contributed by atoms with van der Waals surface area (Å²) in [4.78, 5) is 23.1. The van der Waals surface area contributed by atoms with Crippen molar-refractivity contribution in [2.45, 2.75) is 32.7 Å². The molecule has 1 aromatic rings. The summed E-state index contributed by atoms with van der Waals surface area (Å²) in [6.45, 7) is 3.29. The van der Waals surface area contributed by atoms with Gasteiger partial charge in [-0.25, -0.2) is 4.79 Å². The van der Waals surface area contributed by atoms with Crippen LogP contribution < -0.4 is 10.1 Å². The van der Waals surface area contributed by atoms with Gasteiger partial charge in [0.05, 0.1) is 5.02 Å². The second-order valence-corrected chi connectivity index (χ2v) is 5.45. The van der Waals surface area contributed by atoms with Crippen LogP contribution in [0.3, 0.4) is 0 Å². The lowest BCUT2D eigenvalue weighted by molar-refractivity contribution is -0.150. The maximum absolute atomic E-state index is 11.6. The third-order valence-electron chi connectivity index (χ3n) is 2.95. The second kappa shape index (κ2) is 9.54. The van der Waals surface area contributed by atoms with Crippen molar-refractivity contribution in [2.75, 3.05) is 13.2 Å². The molecule has 122 valence electrons. The Balaban J connectivity index is 2.33. The quantitative estimate of drug-likeness (QED) is 0.733. The zero-order valence-electron chi connectivity index (χ0n) is 12.5. The predicted octanol–water partition coefficient (Wildman–Crippen LogP) is 3.22. The molecule has 0 aliphatic heterocycles. The topological polar surface area (TPSA) is 64.6 Å². The van der Waals surface area contributed by atoms with Crippen LogP contribution in [-0.4, -0.2) is 31.1 Å². The zero-order chi connectivity index (χ0) is 16.5. The molecular formula is C15H19Cl2NO4. The molecule has 1 amide bonds. The summed E-state index contributed by atoms with van der Waals surface area (Å²) < 4.78 is 10.0. The third kappa shape index (κ3) is 6.54. The van der Waals surface area contributed by atoms with Crippen LogP contribution in [0.15, 0.2) is 18.2 Å². The number of hydrogen-bond acceptors (Lipinski definition) is 4. The van der Waals surface area contributed by atoms with E-state index in [9.17, 15) is 9.59 Å². The fraction of sp³-hybridized carbons (Fsp3) is 0.467. The highest BCUT2D eigenvalue weighted by molar-refractivity contribution is 6.35. The van der Waals surface area contributed by atoms with E-state index in [1.807, 2.05) is 13.8 Å². The molecule has 0 bridgehead atoms. The average Bonchev–Trinajstić information content (AvgIpc) is 2.49. The fourth-order valence-electron chi connectivity index (χ4n) is 1.68. The molecule has 5 nitrogen and oxygen atoms in total. The van der Waals surface area contributed by atoms with Gasteiger partial charge < -0.3 is 14.8 Å². The van der Waals surface area contributed by atoms with E-state index >= 15 is 0 Å². The number of carbonyl (C=O) groups excluding carboxylic acids is 2. The Morgan fingerprint density at radius 3 is 2.45 bits per heavy atom. The van der Waals surface area contributed by atoms with E-state index in [4.69, 9.17) is 32.7 Å². The van der Waals surface area contributed by atoms with Gasteiger partial charge in [-0.2, -0.15) is 0 Å². The first-order valence-corrected chi connectivity index (χ1v) is 7.74. The highest BCUT2D eigenvalue weighted by atomic mass is 35.5. The number of carbonyl (C=O) groups is 2. The summed E-state index contributed by atoms with van der Waals surface area (Å²) in [5, 5.41) is 3.54. The van der Waals surface area contributed by atoms with Gasteiger partial charge in [-0.05, 0) is 31.0 Å². The predicted molar refractivity (Wildman–Crippen MR) is 85.4 cm³/mol. The van der Waals surface area contributed by atoms with Crippen molar-refractivity contribution in [3.8, 4) is 5.75 Å². The van der Waals surface area contributed by atoms with Crippen molar-refractivity contribution in [1.29, 1.82) is 0 Å². The maximum atomic E-state index is 11.6. The van der Waals surface area contributed by atoms with Crippen molar-refractivity contribution < 1.29 is 19.1 Å². The van der Waals surface area contributed by atoms with Gasteiger partial charge in [0.1, 0.15) is 5.75 Å². The maximum Gasteiger partial charge on any atom is 0.344 e. The highest BCUT2D eigenvalue weighted by Crippen LogP contribution is 2.27. The number of amides is 1. The van der Waals surface area contributed by atoms with Crippen LogP contribution >= 0.6 is 23.2 Å². The Morgan fingerprint density at radius 2 is 1.86 bits per heavy atom. The van der Waals surface area contributed by atoms with Gasteiger partial charge >= 0.3 is 5.97 Å². The number of esters is 1. The Hall–Kier alpha value is -1.46. The number of hydrogen-bond donors (Lipinski definition) is 1. The van der Waals surface area contributed by atoms with Gasteiger partial charge in [-0.3, -0.25) is 4.79 Å². The summed E-state index contributed by atoms with van der Waals surface area (Å²) in [5.74, 6) is -0.651. The monoisotopic (exact) mass is 347 g/mol. The minimum absolute atomic E-state index is 0.0929. The van der Waals surface area contributed by atoms with Gasteiger partial charge in [0, 0.05) is 11.1 Å². The van der Waals surface area contributed by atoms with Crippen molar-refractivity contribution in [3.63, 3.8) is 0 Å². The van der Waals surface area contributed by atoms with E-state index < -0.39 is 5.97 Å². The molecule has 22 heavy (non-hydrogen) atoms. The number of rotatable bonds is 8. The van der Waals surface area contributed by atoms with E-state index in [1.165, 1.54) is 6.07 Å². The van der Waals surface area contributed by atoms with Crippen molar-refractivity contribution in [2.24, 2.45) is 0 Å². The van der Waals surface area contributed by atoms with E-state index in [0.29, 0.717) is 15.8 Å². The SMILES string of the molecule is CCC(CC)NC(=O)COC(=O)COc1ccc(Cl)cc1Cl. The Morgan fingerprint density at radius 1 is 1.18 bits per heavy atom. The van der Waals surface area contributed by atoms with Gasteiger partial charge in [-0.15, -0.1) is 0 Å². The van der Waals surface area contributed by atoms with Crippen LogP contribution in [0.2, 0.25) is 10.0 Å². The lowest BCUT2D eigenvalue weighted by atomic mass is 10.2. The first-order valence-electron chi connectivity index (χ1n) is 6.99. The number of halogens is 2. The fourth-order valence-corrected chi connectivity index (χ4v) is 2.14. The first-order chi connectivity index (χ1) is 10.5. The minimum Gasteiger partial charge on any atom is -0.480 e. The lowest BCUT2D eigenvalue weighted by Crippen LogP contribution is -2.37. The van der Waals surface area contributed by atoms with E-state index in [0.717, 1.165) is 12.8 Å². The number of benzene rings is 1. The Bertz CT molecular complexity index is 518. The number of ether oxygens (including phenoxy) is 2. The molecule has 0 saturated carbocycles. The van der Waals surface area contributed by atoms with Gasteiger partial charge in [-0.1, -0.05) is 37.0 Å². The van der Waals surface area contributed by atoms with Crippen LogP contribution in [0.4, 0.5) is 0 Å². The molecule has 0 heterocycles. The van der Waals surface area contributed by atoms with Gasteiger partial charge in [0.25, 0.3) is 5.91 Å². The Labute approximate surface area is 139 Å². The molecule has 1 rings (SSSR count). The smallest absolute Gasteiger partial charge is 0.344 e. The Kier molecular flexibility index (Phi) is 8.06. The molecule has 0 aliphatic carbocycles. The molecule has 1 N–H and O–H groups in total. The molecule has 7 heteroatoms. The van der Waals surface area contributed by atoms with Crippen LogP contribution in [-0.2, 0) is 14.3 Å². The van der Waals surface area contributed by atoms with Gasteiger partial charge in [0.2, 0.25) is 0 Å². The molecule has 0 aromatic heterocycles. The first kappa shape index (κ1) is 18.6. The minimum atomic E-state index is -0.647. The molecule has 0 unspecified atom stereocenters. The lowest BCUT2D eigenvalue weighted by Gasteiger charge is -2.14. The summed E-state index contributed by atoms with van der Waals surface area (Å²) in [6, 6.07) is 4.75. The van der Waals surface area contributed by atoms with Crippen molar-refractivity contribution in [3.05, 3.63) is 28.2 Å². The summed E-state index contributed by atoms with van der Waals surface area (Å²) in [7, 11) is 0. The molecule has 0 aliphatic rings. The molecule has 0 atom stereocenters. The van der Waals surface area contributed by atoms with Crippen molar-refractivity contribution >= 4 is 35.1 Å². The largest absolute Gasteiger partial charge is 0.480 e. The molecule has 0 spiro atoms. The normalized spacial score (nSPS) is 10.4. The van der Waals surface area contributed by atoms with E-state index in [1.54, 1.807) is 12.1 Å². The number of nitrogens with one attached hydrogen (secondary N) is 1. The molecule has 0 saturated heterocycles. The second-order valence-electron chi connectivity index (χ2n) is 4.61. The highest BCUT2D eigenvalue weighted by Gasteiger charge is 2.12. The summed E-state index contributed by atoms with van der Waals surface area (Å²) >= 11 is 11.7. The molecular weight excluding hydrogens is 329 g/mol. The standard InChI is InChI=1S/C15H19Cl2NO4/c1-3-11(4-2)18-14(19)8-22-15(20)9-21-13-6-5-10(16)7-12(13)17/h5-7,11H,3-4,8-9H2,1-2H3,(H,18,19). The zero-order valence-corrected chi connectivity index (χ0v) is 14.0. The average molecular weight is 348 g/mol. The van der Waals surface area contributed by atoms with Crippen molar-refractivity contribution in [1.82, 2.24) is 5.32 Å². The summed E-state index contributed by atoms with van der Waals surface area (Å²) in [6.07, 6.45) is 1.66. The third-order valence-corrected chi connectivity index (χ3v) is 3.48. The summed E-state index contributed by atoms with van der Waals surface area (Å²) in [5.41, 5.74) is 0. The van der Waals surface area contributed by atoms with Crippen LogP contribution in [0, 0.1) is 0 Å². The van der Waals surface area contributed by atoms with Gasteiger partial charge in [0.15, 0.2) is 13.2 Å². The van der Waals surface area contributed by atoms with E-state index in [-0.39, 0.29) is 25.2 Å². The molecule has 0 radical (unpaired) electrons. The van der Waals surface area contributed by atoms with Crippen LogP contribution in [0.25, 0.3) is 0 Å².